The molecule has 0 unspecified atom stereocenters. The highest BCUT2D eigenvalue weighted by Crippen LogP contribution is 2.33. The molecule has 2 aliphatic rings. The molecular formula is C39H51N7O11S. The van der Waals surface area contributed by atoms with E-state index in [4.69, 9.17) is 20.1 Å². The van der Waals surface area contributed by atoms with Crippen LogP contribution in [0.15, 0.2) is 54.6 Å². The molecule has 0 aliphatic carbocycles. The molecule has 18 nitrogen and oxygen atoms in total. The average Bonchev–Trinajstić information content (AvgIpc) is 3.82. The van der Waals surface area contributed by atoms with Crippen LogP contribution in [0, 0.1) is 0 Å². The molecule has 19 heteroatoms. The fourth-order valence-corrected chi connectivity index (χ4v) is 7.45. The number of fused-ring (bicyclic) bond motifs is 1. The van der Waals surface area contributed by atoms with E-state index < -0.39 is 61.5 Å². The second-order valence-electron chi connectivity index (χ2n) is 13.1. The van der Waals surface area contributed by atoms with Crippen molar-refractivity contribution in [2.24, 2.45) is 0 Å². The van der Waals surface area contributed by atoms with Crippen LogP contribution in [0.4, 0.5) is 4.79 Å². The van der Waals surface area contributed by atoms with Gasteiger partial charge in [0, 0.05) is 65.6 Å². The number of unbranched alkanes of at least 4 members (excludes halogenated alkanes) is 1. The number of ether oxygens (including phenoxy) is 2. The van der Waals surface area contributed by atoms with E-state index in [1.807, 2.05) is 17.1 Å². The summed E-state index contributed by atoms with van der Waals surface area (Å²) in [5, 5.41) is 27.2. The fraction of sp³-hybridized carbons (Fsp3) is 0.487. The van der Waals surface area contributed by atoms with Gasteiger partial charge in [0.1, 0.15) is 6.04 Å². The van der Waals surface area contributed by atoms with Gasteiger partial charge in [-0.25, -0.2) is 4.79 Å². The lowest BCUT2D eigenvalue weighted by molar-refractivity contribution is -0.139. The van der Waals surface area contributed by atoms with Crippen LogP contribution in [-0.4, -0.2) is 134 Å². The highest BCUT2D eigenvalue weighted by Gasteiger charge is 2.42. The van der Waals surface area contributed by atoms with E-state index in [-0.39, 0.29) is 73.9 Å². The van der Waals surface area contributed by atoms with Crippen molar-refractivity contribution < 1.29 is 58.4 Å². The van der Waals surface area contributed by atoms with Crippen molar-refractivity contribution in [1.29, 1.82) is 0 Å². The van der Waals surface area contributed by atoms with Gasteiger partial charge in [-0.3, -0.25) is 33.6 Å². The van der Waals surface area contributed by atoms with Crippen LogP contribution in [0.25, 0.3) is 0 Å². The van der Waals surface area contributed by atoms with Crippen molar-refractivity contribution in [2.45, 2.75) is 61.8 Å². The lowest BCUT2D eigenvalue weighted by Gasteiger charge is -2.19. The zero-order chi connectivity index (χ0) is 45.3. The molecule has 0 spiro atoms. The quantitative estimate of drug-likeness (QED) is 0.0357. The number of aliphatic carboxylic acids is 1. The van der Waals surface area contributed by atoms with Gasteiger partial charge in [0.2, 0.25) is 23.6 Å². The minimum atomic E-state index is -3.71. The van der Waals surface area contributed by atoms with Crippen molar-refractivity contribution in [3.05, 3.63) is 71.3 Å². The van der Waals surface area contributed by atoms with Crippen LogP contribution < -0.4 is 37.2 Å². The average molecular weight is 830 g/mol. The Bertz CT molecular complexity index is 1910. The highest BCUT2D eigenvalue weighted by atomic mass is 32.2. The summed E-state index contributed by atoms with van der Waals surface area (Å²) in [5.74, 6) is -6.10. The van der Waals surface area contributed by atoms with Crippen molar-refractivity contribution in [3.63, 3.8) is 0 Å². The number of thioether (sulfide) groups is 1. The van der Waals surface area contributed by atoms with E-state index in [1.165, 1.54) is 24.3 Å². The largest absolute Gasteiger partial charge is 0.481 e. The summed E-state index contributed by atoms with van der Waals surface area (Å²) >= 11 is 1.84. The summed E-state index contributed by atoms with van der Waals surface area (Å²) in [5.41, 5.74) is 0.763. The van der Waals surface area contributed by atoms with E-state index in [0.717, 1.165) is 25.0 Å². The minimum absolute atomic E-state index is 0.0351. The maximum Gasteiger partial charge on any atom is 0.315 e. The second-order valence-corrected chi connectivity index (χ2v) is 14.3. The molecular weight excluding hydrogens is 775 g/mol. The number of carbonyl (C=O) groups excluding carboxylic acids is 7. The van der Waals surface area contributed by atoms with Gasteiger partial charge in [-0.2, -0.15) is 11.8 Å². The van der Waals surface area contributed by atoms with Gasteiger partial charge >= 0.3 is 12.0 Å². The van der Waals surface area contributed by atoms with E-state index in [9.17, 15) is 38.4 Å². The van der Waals surface area contributed by atoms with Gasteiger partial charge in [0.15, 0.2) is 5.78 Å². The van der Waals surface area contributed by atoms with Gasteiger partial charge in [-0.05, 0) is 25.0 Å². The van der Waals surface area contributed by atoms with E-state index in [1.54, 1.807) is 30.3 Å². The predicted octanol–water partition coefficient (Wildman–Crippen LogP) is 0.105. The molecule has 2 aromatic rings. The van der Waals surface area contributed by atoms with Crippen LogP contribution >= 0.6 is 11.8 Å². The molecule has 2 aliphatic heterocycles. The van der Waals surface area contributed by atoms with Crippen LogP contribution in [0.3, 0.4) is 0 Å². The number of nitrogens with one attached hydrogen (secondary N) is 7. The van der Waals surface area contributed by atoms with E-state index in [0.29, 0.717) is 23.8 Å². The zero-order valence-electron chi connectivity index (χ0n) is 35.6. The summed E-state index contributed by atoms with van der Waals surface area (Å²) in [6.07, 6.45) is -4.42. The standard InChI is InChI=1S/C39H51N7O11S/c47-31(9-5-4-8-30-35-29(24-58-30)45-39(55)46-35)40-16-18-56-20-21-57-19-17-41-33(49)23-43-38(54)28(44-32(48)14-15-34(50)51)22-42-37(53)27-12-10-26(11-13-27)36(52)25-6-2-1-3-7-25/h1-3,6-7,10-13,28-30,35H,4-5,8-9,14-24H2,(H,40,47)(H,41,49)(H,42,53)(H,43,54)(H,44,48)(H,50,51)(H2,45,46,55)/t28-,29-,30-,35-/m0/s1/i14D2,15D2. The Morgan fingerprint density at radius 3 is 2.12 bits per heavy atom. The number of carboxylic acids is 1. The second kappa shape index (κ2) is 24.3. The van der Waals surface area contributed by atoms with Gasteiger partial charge < -0.3 is 51.8 Å². The summed E-state index contributed by atoms with van der Waals surface area (Å²) in [6.45, 7) is -0.203. The molecule has 4 rings (SSSR count). The Balaban J connectivity index is 1.12. The number of rotatable bonds is 26. The molecule has 58 heavy (non-hydrogen) atoms. The minimum Gasteiger partial charge on any atom is -0.481 e. The number of benzene rings is 2. The number of carboxylic acid groups (broad SMARTS) is 1. The topological polar surface area (TPSA) is 259 Å². The van der Waals surface area contributed by atoms with Crippen molar-refractivity contribution in [2.75, 3.05) is 58.4 Å². The van der Waals surface area contributed by atoms with Gasteiger partial charge in [0.05, 0.1) is 51.4 Å². The van der Waals surface area contributed by atoms with Gasteiger partial charge in [-0.15, -0.1) is 0 Å². The molecule has 2 fully saturated rings. The van der Waals surface area contributed by atoms with Crippen molar-refractivity contribution in [3.8, 4) is 0 Å². The first-order valence-corrected chi connectivity index (χ1v) is 19.7. The number of hydrogen-bond donors (Lipinski definition) is 8. The molecule has 0 aromatic heterocycles. The van der Waals surface area contributed by atoms with Crippen LogP contribution in [0.5, 0.6) is 0 Å². The van der Waals surface area contributed by atoms with E-state index in [2.05, 4.69) is 31.9 Å². The monoisotopic (exact) mass is 829 g/mol. The SMILES string of the molecule is [2H]C([2H])(C(=O)O)C([2H])([2H])C(=O)N[C@@H](CNC(=O)c1ccc(C(=O)c2ccccc2)cc1)C(=O)NCC(=O)NCCOCCOCCNC(=O)CCCC[C@@H]1SC[C@@H]2NC(=O)N[C@@H]21. The lowest BCUT2D eigenvalue weighted by Crippen LogP contribution is -2.54. The molecule has 8 N–H and O–H groups in total. The summed E-state index contributed by atoms with van der Waals surface area (Å²) in [4.78, 5) is 99.0. The number of urea groups is 1. The Labute approximate surface area is 345 Å². The Hall–Kier alpha value is -5.53. The lowest BCUT2D eigenvalue weighted by atomic mass is 10.0. The van der Waals surface area contributed by atoms with Crippen LogP contribution in [0.2, 0.25) is 0 Å². The summed E-state index contributed by atoms with van der Waals surface area (Å²) in [6, 6.07) is 12.3. The molecule has 4 atom stereocenters. The Kier molecular flexibility index (Phi) is 16.5. The molecule has 2 saturated heterocycles. The molecule has 7 amide bonds. The maximum absolute atomic E-state index is 13.1. The maximum atomic E-state index is 13.1. The van der Waals surface area contributed by atoms with Crippen LogP contribution in [0.1, 0.15) is 70.2 Å². The number of ketones is 1. The smallest absolute Gasteiger partial charge is 0.315 e. The van der Waals surface area contributed by atoms with Crippen molar-refractivity contribution in [1.82, 2.24) is 37.2 Å². The molecule has 0 saturated carbocycles. The van der Waals surface area contributed by atoms with Crippen LogP contribution in [-0.2, 0) is 33.4 Å². The number of amides is 7. The first-order valence-electron chi connectivity index (χ1n) is 20.7. The molecule has 0 bridgehead atoms. The third kappa shape index (κ3) is 15.8. The normalized spacial score (nSPS) is 18.7. The molecule has 0 radical (unpaired) electrons. The Morgan fingerprint density at radius 2 is 1.43 bits per heavy atom. The summed E-state index contributed by atoms with van der Waals surface area (Å²) in [7, 11) is 0. The molecule has 314 valence electrons. The third-order valence-corrected chi connectivity index (χ3v) is 10.3. The molecule has 2 heterocycles. The summed E-state index contributed by atoms with van der Waals surface area (Å²) < 4.78 is 41.6. The number of carbonyl (C=O) groups is 8. The third-order valence-electron chi connectivity index (χ3n) is 8.83. The first kappa shape index (κ1) is 39.3. The fourth-order valence-electron chi connectivity index (χ4n) is 5.90. The van der Waals surface area contributed by atoms with Crippen molar-refractivity contribution >= 4 is 59.1 Å². The van der Waals surface area contributed by atoms with Gasteiger partial charge in [0.25, 0.3) is 5.91 Å². The number of hydrogen-bond acceptors (Lipinski definition) is 11. The highest BCUT2D eigenvalue weighted by molar-refractivity contribution is 8.00. The van der Waals surface area contributed by atoms with Gasteiger partial charge in [-0.1, -0.05) is 48.9 Å². The first-order chi connectivity index (χ1) is 29.5. The molecule has 2 aromatic carbocycles. The zero-order valence-corrected chi connectivity index (χ0v) is 32.5. The Morgan fingerprint density at radius 1 is 0.776 bits per heavy atom. The predicted molar refractivity (Wildman–Crippen MR) is 212 cm³/mol. The van der Waals surface area contributed by atoms with E-state index >= 15 is 0 Å².